The number of para-hydroxylation sites is 1. The molecule has 3 rings (SSSR count). The van der Waals surface area contributed by atoms with Crippen LogP contribution in [0.2, 0.25) is 0 Å². The number of thioether (sulfide) groups is 1. The molecule has 0 aliphatic rings. The summed E-state index contributed by atoms with van der Waals surface area (Å²) in [6.45, 7) is 2.06. The van der Waals surface area contributed by atoms with Crippen LogP contribution in [-0.4, -0.2) is 26.4 Å². The Kier molecular flexibility index (Phi) is 4.78. The number of benzene rings is 1. The number of nitrogens with zero attached hydrogens (tertiary/aromatic N) is 3. The minimum Gasteiger partial charge on any atom is -0.325 e. The van der Waals surface area contributed by atoms with Gasteiger partial charge in [0.1, 0.15) is 0 Å². The van der Waals surface area contributed by atoms with Gasteiger partial charge in [0.15, 0.2) is 11.0 Å². The van der Waals surface area contributed by atoms with Crippen LogP contribution in [0.5, 0.6) is 0 Å². The Balaban J connectivity index is 1.63. The summed E-state index contributed by atoms with van der Waals surface area (Å²) in [5.41, 5.74) is 1.86. The van der Waals surface area contributed by atoms with Crippen LogP contribution in [0.1, 0.15) is 4.88 Å². The summed E-state index contributed by atoms with van der Waals surface area (Å²) in [4.78, 5) is 13.2. The topological polar surface area (TPSA) is 59.8 Å². The van der Waals surface area contributed by atoms with Crippen molar-refractivity contribution in [3.8, 4) is 11.4 Å². The molecule has 0 unspecified atom stereocenters. The zero-order chi connectivity index (χ0) is 16.2. The van der Waals surface area contributed by atoms with Gasteiger partial charge in [0, 0.05) is 28.6 Å². The van der Waals surface area contributed by atoms with Gasteiger partial charge in [0.05, 0.1) is 5.75 Å². The molecule has 5 nitrogen and oxygen atoms in total. The molecule has 0 fully saturated rings. The number of thiophene rings is 1. The number of nitrogens with one attached hydrogen (secondary N) is 1. The quantitative estimate of drug-likeness (QED) is 0.719. The van der Waals surface area contributed by atoms with E-state index >= 15 is 0 Å². The standard InChI is InChI=1S/C16H16N4OS2/c1-11-8-12(9-22-11)15-18-19-16(20(15)2)23-10-14(21)17-13-6-4-3-5-7-13/h3-9H,10H2,1-2H3,(H,17,21). The second-order valence-corrected chi connectivity index (χ2v) is 7.07. The van der Waals surface area contributed by atoms with Crippen LogP contribution in [0, 0.1) is 6.92 Å². The first kappa shape index (κ1) is 15.8. The second kappa shape index (κ2) is 6.97. The van der Waals surface area contributed by atoms with E-state index in [4.69, 9.17) is 0 Å². The fraction of sp³-hybridized carbons (Fsp3) is 0.188. The molecular formula is C16H16N4OS2. The molecule has 7 heteroatoms. The monoisotopic (exact) mass is 344 g/mol. The maximum atomic E-state index is 12.0. The van der Waals surface area contributed by atoms with Gasteiger partial charge < -0.3 is 9.88 Å². The van der Waals surface area contributed by atoms with E-state index in [1.54, 1.807) is 11.3 Å². The summed E-state index contributed by atoms with van der Waals surface area (Å²) < 4.78 is 1.92. The largest absolute Gasteiger partial charge is 0.325 e. The number of carbonyl (C=O) groups excluding carboxylic acids is 1. The van der Waals surface area contributed by atoms with Crippen molar-refractivity contribution in [3.63, 3.8) is 0 Å². The van der Waals surface area contributed by atoms with Crippen LogP contribution in [0.15, 0.2) is 46.9 Å². The number of hydrogen-bond acceptors (Lipinski definition) is 5. The lowest BCUT2D eigenvalue weighted by atomic mass is 10.3. The molecule has 0 saturated carbocycles. The van der Waals surface area contributed by atoms with Gasteiger partial charge in [-0.05, 0) is 25.1 Å². The van der Waals surface area contributed by atoms with Crippen LogP contribution < -0.4 is 5.32 Å². The normalized spacial score (nSPS) is 10.7. The van der Waals surface area contributed by atoms with Gasteiger partial charge in [-0.3, -0.25) is 4.79 Å². The highest BCUT2D eigenvalue weighted by atomic mass is 32.2. The summed E-state index contributed by atoms with van der Waals surface area (Å²) in [5, 5.41) is 14.1. The average molecular weight is 344 g/mol. The highest BCUT2D eigenvalue weighted by Crippen LogP contribution is 2.26. The van der Waals surface area contributed by atoms with Gasteiger partial charge >= 0.3 is 0 Å². The van der Waals surface area contributed by atoms with Crippen molar-refractivity contribution in [2.75, 3.05) is 11.1 Å². The van der Waals surface area contributed by atoms with Gasteiger partial charge in [-0.25, -0.2) is 0 Å². The number of anilines is 1. The third-order valence-electron chi connectivity index (χ3n) is 3.21. The van der Waals surface area contributed by atoms with Crippen molar-refractivity contribution < 1.29 is 4.79 Å². The van der Waals surface area contributed by atoms with Gasteiger partial charge in [0.25, 0.3) is 0 Å². The van der Waals surface area contributed by atoms with Gasteiger partial charge in [-0.2, -0.15) is 0 Å². The van der Waals surface area contributed by atoms with E-state index in [0.717, 1.165) is 22.2 Å². The lowest BCUT2D eigenvalue weighted by Gasteiger charge is -2.05. The summed E-state index contributed by atoms with van der Waals surface area (Å²) in [7, 11) is 1.92. The maximum absolute atomic E-state index is 12.0. The highest BCUT2D eigenvalue weighted by molar-refractivity contribution is 7.99. The molecule has 0 atom stereocenters. The smallest absolute Gasteiger partial charge is 0.234 e. The summed E-state index contributed by atoms with van der Waals surface area (Å²) in [6.07, 6.45) is 0. The predicted molar refractivity (Wildman–Crippen MR) is 94.8 cm³/mol. The molecule has 0 saturated heterocycles. The Hall–Kier alpha value is -2.12. The van der Waals surface area contributed by atoms with Crippen molar-refractivity contribution in [1.29, 1.82) is 0 Å². The molecule has 0 aliphatic carbocycles. The Morgan fingerprint density at radius 3 is 2.78 bits per heavy atom. The molecule has 1 amide bonds. The Morgan fingerprint density at radius 2 is 2.09 bits per heavy atom. The van der Waals surface area contributed by atoms with E-state index in [9.17, 15) is 4.79 Å². The number of amides is 1. The minimum absolute atomic E-state index is 0.0582. The highest BCUT2D eigenvalue weighted by Gasteiger charge is 2.13. The fourth-order valence-electron chi connectivity index (χ4n) is 2.10. The summed E-state index contributed by atoms with van der Waals surface area (Å²) >= 11 is 3.06. The SMILES string of the molecule is Cc1cc(-c2nnc(SCC(=O)Nc3ccccc3)n2C)cs1. The number of aromatic nitrogens is 3. The Morgan fingerprint density at radius 1 is 1.30 bits per heavy atom. The van der Waals surface area contributed by atoms with Crippen molar-refractivity contribution >= 4 is 34.7 Å². The Bertz CT molecular complexity index is 811. The third-order valence-corrected chi connectivity index (χ3v) is 5.10. The second-order valence-electron chi connectivity index (χ2n) is 5.01. The number of aryl methyl sites for hydroxylation is 1. The molecule has 0 bridgehead atoms. The molecule has 0 radical (unpaired) electrons. The summed E-state index contributed by atoms with van der Waals surface area (Å²) in [5.74, 6) is 1.06. The van der Waals surface area contributed by atoms with E-state index in [2.05, 4.69) is 33.9 Å². The van der Waals surface area contributed by atoms with Crippen LogP contribution in [-0.2, 0) is 11.8 Å². The van der Waals surface area contributed by atoms with Gasteiger partial charge in [-0.15, -0.1) is 21.5 Å². The molecule has 1 N–H and O–H groups in total. The van der Waals surface area contributed by atoms with E-state index < -0.39 is 0 Å². The molecule has 23 heavy (non-hydrogen) atoms. The van der Waals surface area contributed by atoms with Crippen molar-refractivity contribution in [3.05, 3.63) is 46.7 Å². The molecule has 0 spiro atoms. The Labute approximate surface area is 142 Å². The van der Waals surface area contributed by atoms with Crippen LogP contribution in [0.3, 0.4) is 0 Å². The first-order valence-electron chi connectivity index (χ1n) is 7.06. The van der Waals surface area contributed by atoms with Crippen molar-refractivity contribution in [2.24, 2.45) is 7.05 Å². The average Bonchev–Trinajstić information content (AvgIpc) is 3.12. The molecule has 2 heterocycles. The lowest BCUT2D eigenvalue weighted by molar-refractivity contribution is -0.113. The van der Waals surface area contributed by atoms with Crippen molar-refractivity contribution in [2.45, 2.75) is 12.1 Å². The predicted octanol–water partition coefficient (Wildman–Crippen LogP) is 3.58. The van der Waals surface area contributed by atoms with E-state index in [1.807, 2.05) is 41.9 Å². The number of hydrogen-bond donors (Lipinski definition) is 1. The zero-order valence-corrected chi connectivity index (χ0v) is 14.4. The molecule has 118 valence electrons. The third kappa shape index (κ3) is 3.80. The van der Waals surface area contributed by atoms with Gasteiger partial charge in [0.2, 0.25) is 5.91 Å². The number of carbonyl (C=O) groups is 1. The van der Waals surface area contributed by atoms with Crippen LogP contribution >= 0.6 is 23.1 Å². The lowest BCUT2D eigenvalue weighted by Crippen LogP contribution is -2.14. The van der Waals surface area contributed by atoms with E-state index in [1.165, 1.54) is 16.6 Å². The van der Waals surface area contributed by atoms with Crippen LogP contribution in [0.4, 0.5) is 5.69 Å². The number of rotatable bonds is 5. The summed E-state index contributed by atoms with van der Waals surface area (Å²) in [6, 6.07) is 11.5. The van der Waals surface area contributed by atoms with E-state index in [0.29, 0.717) is 5.75 Å². The van der Waals surface area contributed by atoms with Crippen molar-refractivity contribution in [1.82, 2.24) is 14.8 Å². The molecule has 0 aliphatic heterocycles. The zero-order valence-electron chi connectivity index (χ0n) is 12.8. The molecular weight excluding hydrogens is 328 g/mol. The fourth-order valence-corrected chi connectivity index (χ4v) is 3.49. The molecule has 2 aromatic heterocycles. The van der Waals surface area contributed by atoms with E-state index in [-0.39, 0.29) is 5.91 Å². The minimum atomic E-state index is -0.0582. The molecule has 1 aromatic carbocycles. The maximum Gasteiger partial charge on any atom is 0.234 e. The van der Waals surface area contributed by atoms with Crippen LogP contribution in [0.25, 0.3) is 11.4 Å². The first-order chi connectivity index (χ1) is 11.1. The molecule has 3 aromatic rings. The van der Waals surface area contributed by atoms with Gasteiger partial charge in [-0.1, -0.05) is 30.0 Å². The first-order valence-corrected chi connectivity index (χ1v) is 8.92.